The quantitative estimate of drug-likeness (QED) is 0.163. The van der Waals surface area contributed by atoms with Gasteiger partial charge in [0.25, 0.3) is 0 Å². The fourth-order valence-electron chi connectivity index (χ4n) is 6.73. The number of hydrogen-bond acceptors (Lipinski definition) is 9. The van der Waals surface area contributed by atoms with Gasteiger partial charge >= 0.3 is 0 Å². The van der Waals surface area contributed by atoms with Gasteiger partial charge in [0.1, 0.15) is 41.0 Å². The smallest absolute Gasteiger partial charge is 0.248 e. The van der Waals surface area contributed by atoms with Crippen molar-refractivity contribution in [3.05, 3.63) is 83.2 Å². The maximum absolute atomic E-state index is 15.3. The van der Waals surface area contributed by atoms with Crippen LogP contribution in [0, 0.1) is 11.6 Å². The molecule has 5 aromatic rings. The fourth-order valence-corrected chi connectivity index (χ4v) is 6.73. The first-order chi connectivity index (χ1) is 24.2. The topological polar surface area (TPSA) is 124 Å². The third-order valence-corrected chi connectivity index (χ3v) is 9.25. The van der Waals surface area contributed by atoms with E-state index in [4.69, 9.17) is 24.2 Å². The van der Waals surface area contributed by atoms with Gasteiger partial charge in [0.2, 0.25) is 11.7 Å². The molecular weight excluding hydrogens is 648 g/mol. The zero-order valence-corrected chi connectivity index (χ0v) is 28.2. The number of nitrogens with zero attached hydrogens (tertiary/aromatic N) is 5. The molecule has 2 aliphatic heterocycles. The Morgan fingerprint density at radius 3 is 2.66 bits per heavy atom. The molecule has 3 aromatic heterocycles. The number of ether oxygens (including phenoxy) is 3. The molecule has 50 heavy (non-hydrogen) atoms. The van der Waals surface area contributed by atoms with E-state index in [0.29, 0.717) is 56.3 Å². The van der Waals surface area contributed by atoms with Gasteiger partial charge in [-0.2, -0.15) is 0 Å². The number of carbonyl (C=O) groups excluding carboxylic acids is 2. The van der Waals surface area contributed by atoms with Gasteiger partial charge in [-0.15, -0.1) is 0 Å². The Bertz CT molecular complexity index is 2150. The van der Waals surface area contributed by atoms with Gasteiger partial charge in [0.05, 0.1) is 41.7 Å². The number of imidazole rings is 2. The molecule has 0 saturated carbocycles. The van der Waals surface area contributed by atoms with Crippen molar-refractivity contribution < 1.29 is 32.6 Å². The zero-order valence-electron chi connectivity index (χ0n) is 28.2. The highest BCUT2D eigenvalue weighted by atomic mass is 19.1. The fraction of sp³-hybridized carbons (Fsp3) is 0.333. The van der Waals surface area contributed by atoms with Gasteiger partial charge in [0, 0.05) is 82.8 Å². The summed E-state index contributed by atoms with van der Waals surface area (Å²) in [4.78, 5) is 38.1. The third kappa shape index (κ3) is 5.88. The minimum Gasteiger partial charge on any atom is -0.496 e. The number of aryl methyl sites for hydroxylation is 1. The van der Waals surface area contributed by atoms with Crippen LogP contribution in [0.5, 0.6) is 5.75 Å². The number of fused-ring (bicyclic) bond motifs is 4. The third-order valence-electron chi connectivity index (χ3n) is 9.25. The Labute approximate surface area is 286 Å². The van der Waals surface area contributed by atoms with Crippen molar-refractivity contribution in [2.45, 2.75) is 25.5 Å². The molecular formula is C36H37F2N7O5. The molecule has 260 valence electrons. The molecule has 0 spiro atoms. The lowest BCUT2D eigenvalue weighted by molar-refractivity contribution is -0.112. The lowest BCUT2D eigenvalue weighted by Crippen LogP contribution is -2.29. The Kier molecular flexibility index (Phi) is 9.07. The molecule has 0 unspecified atom stereocenters. The molecule has 0 radical (unpaired) electrons. The van der Waals surface area contributed by atoms with E-state index in [-0.39, 0.29) is 17.4 Å². The summed E-state index contributed by atoms with van der Waals surface area (Å²) in [5.74, 6) is -2.17. The summed E-state index contributed by atoms with van der Waals surface area (Å²) < 4.78 is 50.8. The molecule has 0 bridgehead atoms. The Morgan fingerprint density at radius 1 is 1.14 bits per heavy atom. The molecule has 7 rings (SSSR count). The summed E-state index contributed by atoms with van der Waals surface area (Å²) in [5, 5.41) is 5.46. The number of nitrogens with one attached hydrogen (secondary N) is 2. The van der Waals surface area contributed by atoms with Gasteiger partial charge in [-0.3, -0.25) is 14.0 Å². The zero-order chi connectivity index (χ0) is 35.1. The second-order valence-corrected chi connectivity index (χ2v) is 12.4. The minimum atomic E-state index is -1.08. The Hall–Kier alpha value is -5.18. The number of benzene rings is 2. The standard InChI is InChI=1S/C36H37F2N7O5/c1-43-13-9-25-33-22(30-27(49-4)17-26-32(34(30)43)41-28(19-48-3)44(26)2)7-6-12-45(33)36(40-25)35(47)20-15-23(37)31(24(38)16-20)42-29(46)8-5-11-39-21-10-14-50-18-21/h5-8,12,15-17,21,39H,9-11,13-14,18-19H2,1-4H3,(H,42,46)/b8-5+/t21-/m0/s1. The molecule has 12 nitrogen and oxygen atoms in total. The normalized spacial score (nSPS) is 15.9. The van der Waals surface area contributed by atoms with E-state index in [1.54, 1.807) is 37.0 Å². The molecule has 1 atom stereocenters. The first-order valence-electron chi connectivity index (χ1n) is 16.3. The first kappa shape index (κ1) is 33.3. The van der Waals surface area contributed by atoms with Gasteiger partial charge in [-0.1, -0.05) is 12.1 Å². The van der Waals surface area contributed by atoms with Crippen LogP contribution >= 0.6 is 0 Å². The Morgan fingerprint density at radius 2 is 1.94 bits per heavy atom. The van der Waals surface area contributed by atoms with E-state index in [1.807, 2.05) is 30.8 Å². The van der Waals surface area contributed by atoms with Crippen LogP contribution in [0.25, 0.3) is 27.7 Å². The van der Waals surface area contributed by atoms with Crippen LogP contribution < -0.4 is 20.3 Å². The van der Waals surface area contributed by atoms with Crippen molar-refractivity contribution in [3.63, 3.8) is 0 Å². The van der Waals surface area contributed by atoms with Crippen molar-refractivity contribution in [1.82, 2.24) is 24.3 Å². The van der Waals surface area contributed by atoms with Gasteiger partial charge in [-0.25, -0.2) is 18.7 Å². The van der Waals surface area contributed by atoms with Crippen molar-refractivity contribution >= 4 is 39.6 Å². The number of anilines is 2. The van der Waals surface area contributed by atoms with Gasteiger partial charge < -0.3 is 34.3 Å². The molecule has 2 N–H and O–H groups in total. The second kappa shape index (κ2) is 13.6. The van der Waals surface area contributed by atoms with E-state index >= 15 is 8.78 Å². The number of halogens is 2. The molecule has 1 amide bonds. The molecule has 14 heteroatoms. The summed E-state index contributed by atoms with van der Waals surface area (Å²) in [6, 6.07) is 7.69. The van der Waals surface area contributed by atoms with Crippen LogP contribution in [0.15, 0.2) is 48.7 Å². The molecule has 5 heterocycles. The van der Waals surface area contributed by atoms with Crippen LogP contribution in [0.2, 0.25) is 0 Å². The number of methoxy groups -OCH3 is 2. The summed E-state index contributed by atoms with van der Waals surface area (Å²) in [6.45, 7) is 2.56. The minimum absolute atomic E-state index is 0.00176. The SMILES string of the molecule is COCc1nc2c3c(c(OC)cc2n1C)-c1cccn2c(C(=O)c4cc(F)c(NC(=O)/C=C/CN[C@H]5CCOC5)c(F)c4)nc(c12)CCN3C. The summed E-state index contributed by atoms with van der Waals surface area (Å²) >= 11 is 0. The number of aromatic nitrogens is 4. The summed E-state index contributed by atoms with van der Waals surface area (Å²) in [5.41, 5.74) is 4.52. The monoisotopic (exact) mass is 685 g/mol. The van der Waals surface area contributed by atoms with Crippen LogP contribution in [-0.4, -0.2) is 84.2 Å². The largest absolute Gasteiger partial charge is 0.496 e. The predicted octanol–water partition coefficient (Wildman–Crippen LogP) is 4.42. The number of pyridine rings is 1. The van der Waals surface area contributed by atoms with Gasteiger partial charge in [0.15, 0.2) is 5.82 Å². The average molecular weight is 686 g/mol. The molecule has 2 aliphatic rings. The van der Waals surface area contributed by atoms with Crippen molar-refractivity contribution in [2.24, 2.45) is 7.05 Å². The first-order valence-corrected chi connectivity index (χ1v) is 16.3. The van der Waals surface area contributed by atoms with Crippen LogP contribution in [-0.2, 0) is 34.3 Å². The lowest BCUT2D eigenvalue weighted by atomic mass is 9.97. The van der Waals surface area contributed by atoms with E-state index in [9.17, 15) is 9.59 Å². The number of rotatable bonds is 10. The van der Waals surface area contributed by atoms with E-state index in [2.05, 4.69) is 15.5 Å². The number of carbonyl (C=O) groups is 2. The van der Waals surface area contributed by atoms with Crippen molar-refractivity contribution in [1.29, 1.82) is 0 Å². The van der Waals surface area contributed by atoms with Crippen molar-refractivity contribution in [3.8, 4) is 16.9 Å². The van der Waals surface area contributed by atoms with E-state index < -0.39 is 29.0 Å². The van der Waals surface area contributed by atoms with Gasteiger partial charge in [-0.05, 0) is 24.6 Å². The maximum Gasteiger partial charge on any atom is 0.248 e. The average Bonchev–Trinajstić information content (AvgIpc) is 3.84. The number of likely N-dealkylation sites (N-methyl/N-ethyl adjacent to an activating group) is 1. The number of hydrogen-bond donors (Lipinski definition) is 2. The highest BCUT2D eigenvalue weighted by Crippen LogP contribution is 2.47. The van der Waals surface area contributed by atoms with Crippen LogP contribution in [0.3, 0.4) is 0 Å². The highest BCUT2D eigenvalue weighted by molar-refractivity contribution is 6.10. The Balaban J connectivity index is 1.23. The molecule has 0 aliphatic carbocycles. The second-order valence-electron chi connectivity index (χ2n) is 12.4. The molecule has 2 aromatic carbocycles. The molecule has 1 saturated heterocycles. The maximum atomic E-state index is 15.3. The molecule has 1 fully saturated rings. The van der Waals surface area contributed by atoms with Crippen molar-refractivity contribution in [2.75, 3.05) is 57.8 Å². The summed E-state index contributed by atoms with van der Waals surface area (Å²) in [7, 11) is 7.14. The summed E-state index contributed by atoms with van der Waals surface area (Å²) in [6.07, 6.45) is 5.83. The van der Waals surface area contributed by atoms with Crippen LogP contribution in [0.1, 0.15) is 34.1 Å². The number of ketones is 1. The lowest BCUT2D eigenvalue weighted by Gasteiger charge is -2.27. The van der Waals surface area contributed by atoms with E-state index in [1.165, 1.54) is 6.08 Å². The van der Waals surface area contributed by atoms with Crippen LogP contribution in [0.4, 0.5) is 20.2 Å². The van der Waals surface area contributed by atoms with E-state index in [0.717, 1.165) is 52.2 Å². The number of amides is 1. The predicted molar refractivity (Wildman–Crippen MR) is 184 cm³/mol. The highest BCUT2D eigenvalue weighted by Gasteiger charge is 2.30.